The minimum atomic E-state index is -3.39. The summed E-state index contributed by atoms with van der Waals surface area (Å²) in [4.78, 5) is 11.5. The summed E-state index contributed by atoms with van der Waals surface area (Å²) in [6, 6.07) is 6.51. The van der Waals surface area contributed by atoms with E-state index < -0.39 is 10.0 Å². The van der Waals surface area contributed by atoms with Crippen LogP contribution >= 0.6 is 0 Å². The van der Waals surface area contributed by atoms with Crippen LogP contribution in [0.15, 0.2) is 24.3 Å². The molecule has 1 aromatic rings. The average molecular weight is 272 g/mol. The molecule has 0 saturated heterocycles. The molecule has 0 aliphatic heterocycles. The normalized spacial score (nSPS) is 11.0. The Morgan fingerprint density at radius 1 is 1.28 bits per heavy atom. The zero-order chi connectivity index (χ0) is 13.6. The van der Waals surface area contributed by atoms with E-state index in [1.165, 1.54) is 0 Å². The van der Waals surface area contributed by atoms with Crippen LogP contribution in [0.3, 0.4) is 0 Å². The zero-order valence-electron chi connectivity index (χ0n) is 10.0. The molecule has 7 heteroatoms. The molecule has 0 bridgehead atoms. The Labute approximate surface area is 106 Å². The Bertz CT molecular complexity index is 514. The molecule has 0 fully saturated rings. The number of nitrogens with one attached hydrogen (secondary N) is 2. The predicted octanol–water partition coefficient (Wildman–Crippen LogP) is 0.769. The van der Waals surface area contributed by atoms with E-state index >= 15 is 0 Å². The Kier molecular flexibility index (Phi) is 5.11. The van der Waals surface area contributed by atoms with Crippen molar-refractivity contribution in [2.24, 2.45) is 0 Å². The highest BCUT2D eigenvalue weighted by molar-refractivity contribution is 7.92. The second-order valence-electron chi connectivity index (χ2n) is 3.80. The number of sulfonamides is 1. The van der Waals surface area contributed by atoms with Crippen LogP contribution in [0.5, 0.6) is 0 Å². The number of carbonyl (C=O) groups is 1. The molecule has 0 saturated carbocycles. The molecule has 0 aliphatic carbocycles. The van der Waals surface area contributed by atoms with Crippen molar-refractivity contribution in [2.45, 2.75) is 12.8 Å². The molecule has 1 aromatic carbocycles. The number of carbonyl (C=O) groups excluding carboxylic acids is 1. The van der Waals surface area contributed by atoms with Crippen molar-refractivity contribution in [3.8, 4) is 0 Å². The van der Waals surface area contributed by atoms with Crippen LogP contribution < -0.4 is 10.0 Å². The highest BCUT2D eigenvalue weighted by Gasteiger charge is 2.09. The summed E-state index contributed by atoms with van der Waals surface area (Å²) in [6.45, 7) is -0.0589. The van der Waals surface area contributed by atoms with Gasteiger partial charge in [-0.2, -0.15) is 0 Å². The van der Waals surface area contributed by atoms with Crippen LogP contribution in [-0.4, -0.2) is 32.3 Å². The standard InChI is InChI=1S/C11H16N2O4S/c1-18(16,17)13-10-6-3-2-5-9(10)12-11(15)7-4-8-14/h2-3,5-6,13-14H,4,7-8H2,1H3,(H,12,15). The second kappa shape index (κ2) is 6.36. The van der Waals surface area contributed by atoms with Crippen LogP contribution in [0.25, 0.3) is 0 Å². The van der Waals surface area contributed by atoms with Gasteiger partial charge < -0.3 is 10.4 Å². The third-order valence-electron chi connectivity index (χ3n) is 2.06. The smallest absolute Gasteiger partial charge is 0.229 e. The quantitative estimate of drug-likeness (QED) is 0.712. The fourth-order valence-electron chi connectivity index (χ4n) is 1.33. The van der Waals surface area contributed by atoms with Crippen LogP contribution in [0, 0.1) is 0 Å². The van der Waals surface area contributed by atoms with E-state index in [2.05, 4.69) is 10.0 Å². The third-order valence-corrected chi connectivity index (χ3v) is 2.65. The first-order valence-corrected chi connectivity index (χ1v) is 7.29. The summed E-state index contributed by atoms with van der Waals surface area (Å²) in [5.41, 5.74) is 0.711. The summed E-state index contributed by atoms with van der Waals surface area (Å²) in [7, 11) is -3.39. The number of aliphatic hydroxyl groups is 1. The van der Waals surface area contributed by atoms with Gasteiger partial charge in [-0.1, -0.05) is 12.1 Å². The van der Waals surface area contributed by atoms with Gasteiger partial charge >= 0.3 is 0 Å². The van der Waals surface area contributed by atoms with Crippen molar-refractivity contribution >= 4 is 27.3 Å². The maximum Gasteiger partial charge on any atom is 0.229 e. The fraction of sp³-hybridized carbons (Fsp3) is 0.364. The van der Waals surface area contributed by atoms with Gasteiger partial charge in [0.15, 0.2) is 0 Å². The summed E-state index contributed by atoms with van der Waals surface area (Å²) in [5, 5.41) is 11.2. The number of para-hydroxylation sites is 2. The van der Waals surface area contributed by atoms with Crippen LogP contribution in [-0.2, 0) is 14.8 Å². The Morgan fingerprint density at radius 3 is 2.44 bits per heavy atom. The third kappa shape index (κ3) is 5.15. The molecule has 0 aromatic heterocycles. The number of benzene rings is 1. The molecule has 18 heavy (non-hydrogen) atoms. The van der Waals surface area contributed by atoms with Crippen molar-refractivity contribution in [2.75, 3.05) is 22.9 Å². The minimum Gasteiger partial charge on any atom is -0.396 e. The summed E-state index contributed by atoms with van der Waals surface area (Å²) >= 11 is 0. The summed E-state index contributed by atoms with van der Waals surface area (Å²) < 4.78 is 24.6. The molecule has 3 N–H and O–H groups in total. The predicted molar refractivity (Wildman–Crippen MR) is 69.9 cm³/mol. The van der Waals surface area contributed by atoms with Gasteiger partial charge in [0.05, 0.1) is 17.6 Å². The van der Waals surface area contributed by atoms with E-state index in [9.17, 15) is 13.2 Å². The summed E-state index contributed by atoms with van der Waals surface area (Å²) in [5.74, 6) is -0.271. The number of amides is 1. The Hall–Kier alpha value is -1.60. The van der Waals surface area contributed by atoms with E-state index in [0.29, 0.717) is 17.8 Å². The van der Waals surface area contributed by atoms with Gasteiger partial charge in [-0.15, -0.1) is 0 Å². The van der Waals surface area contributed by atoms with Gasteiger partial charge in [0.2, 0.25) is 15.9 Å². The maximum atomic E-state index is 11.5. The van der Waals surface area contributed by atoms with E-state index in [1.54, 1.807) is 24.3 Å². The first-order valence-electron chi connectivity index (χ1n) is 5.40. The SMILES string of the molecule is CS(=O)(=O)Nc1ccccc1NC(=O)CCCO. The van der Waals surface area contributed by atoms with Crippen molar-refractivity contribution in [1.29, 1.82) is 0 Å². The second-order valence-corrected chi connectivity index (χ2v) is 5.54. The molecular weight excluding hydrogens is 256 g/mol. The van der Waals surface area contributed by atoms with Gasteiger partial charge in [-0.3, -0.25) is 9.52 Å². The molecule has 0 unspecified atom stereocenters. The topological polar surface area (TPSA) is 95.5 Å². The fourth-order valence-corrected chi connectivity index (χ4v) is 1.91. The lowest BCUT2D eigenvalue weighted by Crippen LogP contribution is -2.15. The Balaban J connectivity index is 2.79. The molecule has 1 rings (SSSR count). The number of hydrogen-bond donors (Lipinski definition) is 3. The van der Waals surface area contributed by atoms with E-state index in [4.69, 9.17) is 5.11 Å². The Morgan fingerprint density at radius 2 is 1.89 bits per heavy atom. The summed E-state index contributed by atoms with van der Waals surface area (Å²) in [6.07, 6.45) is 1.59. The lowest BCUT2D eigenvalue weighted by atomic mass is 10.2. The largest absolute Gasteiger partial charge is 0.396 e. The lowest BCUT2D eigenvalue weighted by molar-refractivity contribution is -0.116. The monoisotopic (exact) mass is 272 g/mol. The van der Waals surface area contributed by atoms with Crippen LogP contribution in [0.4, 0.5) is 11.4 Å². The maximum absolute atomic E-state index is 11.5. The van der Waals surface area contributed by atoms with Crippen LogP contribution in [0.2, 0.25) is 0 Å². The average Bonchev–Trinajstić information content (AvgIpc) is 2.27. The molecule has 1 amide bonds. The van der Waals surface area contributed by atoms with Gasteiger partial charge in [-0.05, 0) is 18.6 Å². The van der Waals surface area contributed by atoms with Gasteiger partial charge in [0, 0.05) is 13.0 Å². The zero-order valence-corrected chi connectivity index (χ0v) is 10.8. The minimum absolute atomic E-state index is 0.0589. The van der Waals surface area contributed by atoms with Crippen LogP contribution in [0.1, 0.15) is 12.8 Å². The molecule has 0 aliphatic rings. The van der Waals surface area contributed by atoms with Crippen molar-refractivity contribution in [1.82, 2.24) is 0 Å². The molecule has 0 atom stereocenters. The highest BCUT2D eigenvalue weighted by Crippen LogP contribution is 2.22. The molecule has 0 heterocycles. The number of aliphatic hydroxyl groups excluding tert-OH is 1. The van der Waals surface area contributed by atoms with Gasteiger partial charge in [0.25, 0.3) is 0 Å². The molecule has 100 valence electrons. The molecule has 6 nitrogen and oxygen atoms in total. The van der Waals surface area contributed by atoms with Crippen molar-refractivity contribution < 1.29 is 18.3 Å². The number of rotatable bonds is 6. The lowest BCUT2D eigenvalue weighted by Gasteiger charge is -2.11. The van der Waals surface area contributed by atoms with Crippen molar-refractivity contribution in [3.63, 3.8) is 0 Å². The first-order chi connectivity index (χ1) is 8.42. The van der Waals surface area contributed by atoms with E-state index in [1.807, 2.05) is 0 Å². The van der Waals surface area contributed by atoms with E-state index in [-0.39, 0.29) is 18.9 Å². The van der Waals surface area contributed by atoms with Gasteiger partial charge in [0.1, 0.15) is 0 Å². The van der Waals surface area contributed by atoms with E-state index in [0.717, 1.165) is 6.26 Å². The highest BCUT2D eigenvalue weighted by atomic mass is 32.2. The number of hydrogen-bond acceptors (Lipinski definition) is 4. The van der Waals surface area contributed by atoms with Crippen molar-refractivity contribution in [3.05, 3.63) is 24.3 Å². The van der Waals surface area contributed by atoms with Gasteiger partial charge in [-0.25, -0.2) is 8.42 Å². The number of anilines is 2. The molecular formula is C11H16N2O4S. The first kappa shape index (κ1) is 14.5. The molecule has 0 spiro atoms. The molecule has 0 radical (unpaired) electrons.